The summed E-state index contributed by atoms with van der Waals surface area (Å²) < 4.78 is 0. The number of rotatable bonds is 5. The van der Waals surface area contributed by atoms with Gasteiger partial charge in [0.25, 0.3) is 0 Å². The first-order valence-electron chi connectivity index (χ1n) is 4.73. The van der Waals surface area contributed by atoms with Crippen molar-refractivity contribution < 1.29 is 14.7 Å². The molecule has 1 rings (SSSR count). The van der Waals surface area contributed by atoms with Crippen molar-refractivity contribution in [3.8, 4) is 0 Å². The fourth-order valence-corrected chi connectivity index (χ4v) is 0.989. The topological polar surface area (TPSA) is 105 Å². The predicted molar refractivity (Wildman–Crippen MR) is 58.0 cm³/mol. The van der Waals surface area contributed by atoms with E-state index in [4.69, 9.17) is 10.8 Å². The number of pyridine rings is 1. The fraction of sp³-hybridized carbons (Fsp3) is 0.300. The Morgan fingerprint density at radius 3 is 2.69 bits per heavy atom. The Morgan fingerprint density at radius 2 is 2.25 bits per heavy atom. The van der Waals surface area contributed by atoms with E-state index < -0.39 is 17.8 Å². The number of carboxylic acid groups (broad SMARTS) is 1. The van der Waals surface area contributed by atoms with Gasteiger partial charge in [0, 0.05) is 12.7 Å². The number of hydrogen-bond acceptors (Lipinski definition) is 4. The van der Waals surface area contributed by atoms with E-state index in [1.54, 1.807) is 13.0 Å². The fourth-order valence-electron chi connectivity index (χ4n) is 0.989. The van der Waals surface area contributed by atoms with Crippen LogP contribution in [0, 0.1) is 5.92 Å². The van der Waals surface area contributed by atoms with Gasteiger partial charge in [-0.1, -0.05) is 6.92 Å². The Kier molecular flexibility index (Phi) is 3.82. The average Bonchev–Trinajstić information content (AvgIpc) is 2.26. The Balaban J connectivity index is 2.56. The molecule has 0 aliphatic carbocycles. The lowest BCUT2D eigenvalue weighted by Crippen LogP contribution is -2.20. The van der Waals surface area contributed by atoms with E-state index in [0.29, 0.717) is 11.4 Å². The van der Waals surface area contributed by atoms with Crippen LogP contribution in [0.4, 0.5) is 5.82 Å². The molecule has 1 atom stereocenters. The molecule has 0 aliphatic heterocycles. The van der Waals surface area contributed by atoms with E-state index in [-0.39, 0.29) is 6.54 Å². The molecule has 1 aromatic heterocycles. The van der Waals surface area contributed by atoms with Crippen LogP contribution in [0.15, 0.2) is 18.3 Å². The molecule has 0 aromatic carbocycles. The maximum atomic E-state index is 10.8. The SMILES string of the molecule is CC(CNc1ccc(C(N)=O)cn1)C(=O)O. The third-order valence-electron chi connectivity index (χ3n) is 2.06. The summed E-state index contributed by atoms with van der Waals surface area (Å²) in [5, 5.41) is 11.5. The van der Waals surface area contributed by atoms with Gasteiger partial charge in [-0.05, 0) is 12.1 Å². The highest BCUT2D eigenvalue weighted by Crippen LogP contribution is 2.05. The summed E-state index contributed by atoms with van der Waals surface area (Å²) in [5.74, 6) is -1.41. The van der Waals surface area contributed by atoms with Crippen molar-refractivity contribution >= 4 is 17.7 Å². The molecule has 0 radical (unpaired) electrons. The van der Waals surface area contributed by atoms with Crippen LogP contribution in [0.25, 0.3) is 0 Å². The Morgan fingerprint density at radius 1 is 1.56 bits per heavy atom. The molecule has 0 aliphatic rings. The molecule has 4 N–H and O–H groups in total. The zero-order chi connectivity index (χ0) is 12.1. The number of carbonyl (C=O) groups excluding carboxylic acids is 1. The average molecular weight is 223 g/mol. The molecule has 0 bridgehead atoms. The molecule has 16 heavy (non-hydrogen) atoms. The molecule has 0 fully saturated rings. The molecule has 1 heterocycles. The number of anilines is 1. The number of primary amides is 1. The van der Waals surface area contributed by atoms with Crippen molar-refractivity contribution in [2.45, 2.75) is 6.92 Å². The van der Waals surface area contributed by atoms with Gasteiger partial charge in [0.15, 0.2) is 0 Å². The van der Waals surface area contributed by atoms with Gasteiger partial charge in [-0.15, -0.1) is 0 Å². The first-order valence-corrected chi connectivity index (χ1v) is 4.73. The lowest BCUT2D eigenvalue weighted by atomic mass is 10.2. The number of aromatic nitrogens is 1. The highest BCUT2D eigenvalue weighted by molar-refractivity contribution is 5.92. The van der Waals surface area contributed by atoms with Gasteiger partial charge in [0.05, 0.1) is 11.5 Å². The maximum Gasteiger partial charge on any atom is 0.308 e. The van der Waals surface area contributed by atoms with Crippen LogP contribution in [0.1, 0.15) is 17.3 Å². The second kappa shape index (κ2) is 5.11. The molecule has 0 saturated heterocycles. The molecule has 0 saturated carbocycles. The predicted octanol–water partition coefficient (Wildman–Crippen LogP) is 0.313. The molecule has 86 valence electrons. The summed E-state index contributed by atoms with van der Waals surface area (Å²) in [6.07, 6.45) is 1.34. The molecular formula is C10H13N3O3. The van der Waals surface area contributed by atoms with Crippen molar-refractivity contribution in [1.82, 2.24) is 4.98 Å². The molecule has 1 unspecified atom stereocenters. The van der Waals surface area contributed by atoms with Crippen molar-refractivity contribution in [1.29, 1.82) is 0 Å². The molecule has 1 aromatic rings. The van der Waals surface area contributed by atoms with Gasteiger partial charge < -0.3 is 16.2 Å². The van der Waals surface area contributed by atoms with Crippen LogP contribution < -0.4 is 11.1 Å². The Hall–Kier alpha value is -2.11. The third-order valence-corrected chi connectivity index (χ3v) is 2.06. The molecule has 6 heteroatoms. The van der Waals surface area contributed by atoms with Crippen LogP contribution in [-0.2, 0) is 4.79 Å². The second-order valence-electron chi connectivity index (χ2n) is 3.42. The van der Waals surface area contributed by atoms with Gasteiger partial charge in [-0.2, -0.15) is 0 Å². The van der Waals surface area contributed by atoms with Crippen molar-refractivity contribution in [2.24, 2.45) is 11.7 Å². The normalized spacial score (nSPS) is 11.8. The first kappa shape index (κ1) is 12.0. The van der Waals surface area contributed by atoms with Gasteiger partial charge >= 0.3 is 5.97 Å². The number of aliphatic carboxylic acids is 1. The van der Waals surface area contributed by atoms with Gasteiger partial charge in [0.2, 0.25) is 5.91 Å². The molecule has 1 amide bonds. The van der Waals surface area contributed by atoms with Gasteiger partial charge in [-0.25, -0.2) is 4.98 Å². The minimum Gasteiger partial charge on any atom is -0.481 e. The van der Waals surface area contributed by atoms with Crippen LogP contribution in [0.5, 0.6) is 0 Å². The smallest absolute Gasteiger partial charge is 0.308 e. The van der Waals surface area contributed by atoms with Crippen LogP contribution in [0.2, 0.25) is 0 Å². The van der Waals surface area contributed by atoms with Crippen LogP contribution in [0.3, 0.4) is 0 Å². The Bertz CT molecular complexity index is 389. The van der Waals surface area contributed by atoms with Crippen molar-refractivity contribution in [3.63, 3.8) is 0 Å². The zero-order valence-corrected chi connectivity index (χ0v) is 8.80. The van der Waals surface area contributed by atoms with Crippen molar-refractivity contribution in [2.75, 3.05) is 11.9 Å². The van der Waals surface area contributed by atoms with Gasteiger partial charge in [-0.3, -0.25) is 9.59 Å². The number of nitrogens with one attached hydrogen (secondary N) is 1. The van der Waals surface area contributed by atoms with E-state index in [1.165, 1.54) is 12.3 Å². The maximum absolute atomic E-state index is 10.8. The minimum atomic E-state index is -0.874. The summed E-state index contributed by atoms with van der Waals surface area (Å²) in [6.45, 7) is 1.87. The molecule has 0 spiro atoms. The summed E-state index contributed by atoms with van der Waals surface area (Å²) in [7, 11) is 0. The lowest BCUT2D eigenvalue weighted by molar-refractivity contribution is -0.140. The largest absolute Gasteiger partial charge is 0.481 e. The number of hydrogen-bond donors (Lipinski definition) is 3. The number of carbonyl (C=O) groups is 2. The molecule has 6 nitrogen and oxygen atoms in total. The second-order valence-corrected chi connectivity index (χ2v) is 3.42. The van der Waals surface area contributed by atoms with E-state index in [0.717, 1.165) is 0 Å². The summed E-state index contributed by atoms with van der Waals surface area (Å²) >= 11 is 0. The summed E-state index contributed by atoms with van der Waals surface area (Å²) in [5.41, 5.74) is 5.37. The number of amides is 1. The Labute approximate surface area is 92.5 Å². The quantitative estimate of drug-likeness (QED) is 0.666. The number of nitrogens with zero attached hydrogens (tertiary/aromatic N) is 1. The van der Waals surface area contributed by atoms with E-state index in [2.05, 4.69) is 10.3 Å². The zero-order valence-electron chi connectivity index (χ0n) is 8.80. The standard InChI is InChI=1S/C10H13N3O3/c1-6(10(15)16)4-12-8-3-2-7(5-13-8)9(11)14/h2-3,5-6H,4H2,1H3,(H2,11,14)(H,12,13)(H,15,16). The summed E-state index contributed by atoms with van der Waals surface area (Å²) in [4.78, 5) is 25.2. The number of carboxylic acids is 1. The van der Waals surface area contributed by atoms with E-state index in [9.17, 15) is 9.59 Å². The van der Waals surface area contributed by atoms with Crippen molar-refractivity contribution in [3.05, 3.63) is 23.9 Å². The first-order chi connectivity index (χ1) is 7.50. The highest BCUT2D eigenvalue weighted by atomic mass is 16.4. The number of nitrogens with two attached hydrogens (primary N) is 1. The lowest BCUT2D eigenvalue weighted by Gasteiger charge is -2.08. The molecular weight excluding hydrogens is 210 g/mol. The van der Waals surface area contributed by atoms with Crippen LogP contribution in [-0.4, -0.2) is 28.5 Å². The summed E-state index contributed by atoms with van der Waals surface area (Å²) in [6, 6.07) is 3.11. The van der Waals surface area contributed by atoms with E-state index in [1.807, 2.05) is 0 Å². The van der Waals surface area contributed by atoms with Gasteiger partial charge in [0.1, 0.15) is 5.82 Å². The van der Waals surface area contributed by atoms with Crippen LogP contribution >= 0.6 is 0 Å². The monoisotopic (exact) mass is 223 g/mol. The van der Waals surface area contributed by atoms with E-state index >= 15 is 0 Å². The minimum absolute atomic E-state index is 0.276. The highest BCUT2D eigenvalue weighted by Gasteiger charge is 2.10. The third kappa shape index (κ3) is 3.23.